The van der Waals surface area contributed by atoms with Crippen LogP contribution in [0.3, 0.4) is 0 Å². The molecule has 98 valence electrons. The number of H-pyrrole nitrogens is 1. The highest BCUT2D eigenvalue weighted by Gasteiger charge is 2.47. The molecule has 2 aromatic rings. The molecule has 0 spiro atoms. The van der Waals surface area contributed by atoms with Crippen LogP contribution in [0.2, 0.25) is 0 Å². The molecule has 1 amide bonds. The summed E-state index contributed by atoms with van der Waals surface area (Å²) in [5.74, 6) is 0.308. The van der Waals surface area contributed by atoms with E-state index in [0.29, 0.717) is 12.3 Å². The van der Waals surface area contributed by atoms with E-state index in [1.807, 2.05) is 0 Å². The third-order valence-electron chi connectivity index (χ3n) is 4.91. The van der Waals surface area contributed by atoms with Crippen LogP contribution in [0.25, 0.3) is 10.9 Å². The fraction of sp³-hybridized carbons (Fsp3) is 0.438. The number of carbonyl (C=O) groups excluding carboxylic acids is 1. The maximum atomic E-state index is 12.0. The van der Waals surface area contributed by atoms with Gasteiger partial charge in [0.15, 0.2) is 0 Å². The van der Waals surface area contributed by atoms with E-state index in [1.54, 1.807) is 0 Å². The third kappa shape index (κ3) is 1.30. The Kier molecular flexibility index (Phi) is 1.99. The van der Waals surface area contributed by atoms with Crippen molar-refractivity contribution in [2.75, 3.05) is 6.54 Å². The van der Waals surface area contributed by atoms with Crippen LogP contribution in [0.4, 0.5) is 0 Å². The Hall–Kier alpha value is -1.77. The van der Waals surface area contributed by atoms with E-state index in [2.05, 4.69) is 41.9 Å². The van der Waals surface area contributed by atoms with Crippen LogP contribution in [-0.2, 0) is 16.8 Å². The number of aromatic amines is 1. The molecule has 1 atom stereocenters. The first kappa shape index (κ1) is 11.1. The molecular formula is C16H18N2O. The van der Waals surface area contributed by atoms with Crippen LogP contribution in [-0.4, -0.2) is 22.3 Å². The van der Waals surface area contributed by atoms with Crippen molar-refractivity contribution in [1.29, 1.82) is 0 Å². The largest absolute Gasteiger partial charge is 0.356 e. The van der Waals surface area contributed by atoms with Gasteiger partial charge < -0.3 is 9.88 Å². The normalized spacial score (nSPS) is 25.8. The minimum absolute atomic E-state index is 0.114. The molecule has 0 aliphatic carbocycles. The number of amides is 1. The maximum Gasteiger partial charge on any atom is 0.223 e. The van der Waals surface area contributed by atoms with Gasteiger partial charge in [-0.05, 0) is 44.4 Å². The van der Waals surface area contributed by atoms with E-state index in [4.69, 9.17) is 0 Å². The fourth-order valence-corrected chi connectivity index (χ4v) is 3.83. The van der Waals surface area contributed by atoms with Crippen LogP contribution in [0.15, 0.2) is 18.2 Å². The van der Waals surface area contributed by atoms with E-state index in [0.717, 1.165) is 19.4 Å². The van der Waals surface area contributed by atoms with E-state index in [-0.39, 0.29) is 5.54 Å². The van der Waals surface area contributed by atoms with Gasteiger partial charge >= 0.3 is 0 Å². The predicted octanol–water partition coefficient (Wildman–Crippen LogP) is 2.87. The lowest BCUT2D eigenvalue weighted by Gasteiger charge is -2.39. The van der Waals surface area contributed by atoms with Gasteiger partial charge in [-0.15, -0.1) is 0 Å². The summed E-state index contributed by atoms with van der Waals surface area (Å²) in [4.78, 5) is 17.7. The second kappa shape index (κ2) is 3.41. The molecule has 19 heavy (non-hydrogen) atoms. The Balaban J connectivity index is 1.99. The Labute approximate surface area is 112 Å². The average Bonchev–Trinajstić information content (AvgIpc) is 2.89. The summed E-state index contributed by atoms with van der Waals surface area (Å²) in [5, 5.41) is 1.34. The van der Waals surface area contributed by atoms with Crippen molar-refractivity contribution in [2.24, 2.45) is 0 Å². The highest BCUT2D eigenvalue weighted by atomic mass is 16.2. The molecule has 3 nitrogen and oxygen atoms in total. The van der Waals surface area contributed by atoms with Gasteiger partial charge in [0.2, 0.25) is 5.91 Å². The number of hydrogen-bond donors (Lipinski definition) is 1. The summed E-state index contributed by atoms with van der Waals surface area (Å²) in [6, 6.07) is 6.57. The molecule has 1 N–H and O–H groups in total. The van der Waals surface area contributed by atoms with Gasteiger partial charge in [-0.2, -0.15) is 0 Å². The van der Waals surface area contributed by atoms with Crippen molar-refractivity contribution in [2.45, 2.75) is 38.6 Å². The molecular weight excluding hydrogens is 236 g/mol. The number of aryl methyl sites for hydroxylation is 1. The molecule has 0 saturated carbocycles. The lowest BCUT2D eigenvalue weighted by molar-refractivity contribution is -0.131. The van der Waals surface area contributed by atoms with E-state index in [1.165, 1.54) is 27.7 Å². The van der Waals surface area contributed by atoms with E-state index < -0.39 is 0 Å². The number of fused-ring (bicyclic) bond motifs is 5. The number of benzene rings is 1. The van der Waals surface area contributed by atoms with Gasteiger partial charge in [0.1, 0.15) is 0 Å². The fourth-order valence-electron chi connectivity index (χ4n) is 3.83. The second-order valence-corrected chi connectivity index (χ2v) is 6.10. The lowest BCUT2D eigenvalue weighted by Crippen LogP contribution is -2.46. The monoisotopic (exact) mass is 254 g/mol. The number of rotatable bonds is 0. The van der Waals surface area contributed by atoms with Crippen molar-refractivity contribution in [1.82, 2.24) is 9.88 Å². The van der Waals surface area contributed by atoms with Crippen LogP contribution in [0.5, 0.6) is 0 Å². The van der Waals surface area contributed by atoms with Crippen LogP contribution in [0.1, 0.15) is 36.6 Å². The lowest BCUT2D eigenvalue weighted by atomic mass is 9.86. The zero-order valence-electron chi connectivity index (χ0n) is 11.4. The van der Waals surface area contributed by atoms with Gasteiger partial charge in [0, 0.05) is 29.6 Å². The average molecular weight is 254 g/mol. The first-order valence-corrected chi connectivity index (χ1v) is 7.02. The Morgan fingerprint density at radius 1 is 1.32 bits per heavy atom. The molecule has 0 radical (unpaired) electrons. The number of hydrogen-bond acceptors (Lipinski definition) is 1. The molecule has 2 aliphatic rings. The molecule has 1 fully saturated rings. The zero-order chi connectivity index (χ0) is 13.2. The topological polar surface area (TPSA) is 36.1 Å². The van der Waals surface area contributed by atoms with Crippen LogP contribution >= 0.6 is 0 Å². The summed E-state index contributed by atoms with van der Waals surface area (Å²) >= 11 is 0. The van der Waals surface area contributed by atoms with Gasteiger partial charge in [-0.3, -0.25) is 4.79 Å². The van der Waals surface area contributed by atoms with Crippen LogP contribution < -0.4 is 0 Å². The van der Waals surface area contributed by atoms with Gasteiger partial charge in [-0.1, -0.05) is 11.6 Å². The first-order chi connectivity index (χ1) is 9.09. The summed E-state index contributed by atoms with van der Waals surface area (Å²) < 4.78 is 0. The predicted molar refractivity (Wildman–Crippen MR) is 75.0 cm³/mol. The number of carbonyl (C=O) groups is 1. The molecule has 2 aliphatic heterocycles. The molecule has 4 rings (SSSR count). The molecule has 0 bridgehead atoms. The molecule has 1 aromatic carbocycles. The van der Waals surface area contributed by atoms with Crippen LogP contribution in [0, 0.1) is 6.92 Å². The molecule has 1 saturated heterocycles. The minimum Gasteiger partial charge on any atom is -0.356 e. The van der Waals surface area contributed by atoms with Crippen molar-refractivity contribution in [3.05, 3.63) is 35.0 Å². The van der Waals surface area contributed by atoms with Crippen molar-refractivity contribution < 1.29 is 4.79 Å². The maximum absolute atomic E-state index is 12.0. The highest BCUT2D eigenvalue weighted by Crippen LogP contribution is 2.45. The molecule has 0 unspecified atom stereocenters. The zero-order valence-corrected chi connectivity index (χ0v) is 11.4. The number of aromatic nitrogens is 1. The summed E-state index contributed by atoms with van der Waals surface area (Å²) in [6.07, 6.45) is 2.59. The number of nitrogens with one attached hydrogen (secondary N) is 1. The van der Waals surface area contributed by atoms with Gasteiger partial charge in [-0.25, -0.2) is 0 Å². The Morgan fingerprint density at radius 2 is 2.16 bits per heavy atom. The SMILES string of the molecule is Cc1ccc2[nH]c3c(c2c1)CCN1C(=O)CC[C@]31C. The molecule has 3 heteroatoms. The Bertz CT molecular complexity index is 700. The van der Waals surface area contributed by atoms with Crippen molar-refractivity contribution >= 4 is 16.8 Å². The number of nitrogens with zero attached hydrogens (tertiary/aromatic N) is 1. The smallest absolute Gasteiger partial charge is 0.223 e. The van der Waals surface area contributed by atoms with E-state index in [9.17, 15) is 4.79 Å². The van der Waals surface area contributed by atoms with E-state index >= 15 is 0 Å². The second-order valence-electron chi connectivity index (χ2n) is 6.10. The van der Waals surface area contributed by atoms with Crippen molar-refractivity contribution in [3.63, 3.8) is 0 Å². The quantitative estimate of drug-likeness (QED) is 0.771. The summed E-state index contributed by atoms with van der Waals surface area (Å²) in [6.45, 7) is 5.20. The molecule has 1 aromatic heterocycles. The minimum atomic E-state index is -0.114. The first-order valence-electron chi connectivity index (χ1n) is 7.02. The molecule has 3 heterocycles. The summed E-state index contributed by atoms with van der Waals surface area (Å²) in [7, 11) is 0. The highest BCUT2D eigenvalue weighted by molar-refractivity contribution is 5.88. The summed E-state index contributed by atoms with van der Waals surface area (Å²) in [5.41, 5.74) is 5.08. The van der Waals surface area contributed by atoms with Crippen molar-refractivity contribution in [3.8, 4) is 0 Å². The standard InChI is InChI=1S/C16H18N2O/c1-10-3-4-13-12(9-10)11-6-8-18-14(19)5-7-16(18,2)15(11)17-13/h3-4,9,17H,5-8H2,1-2H3/t16-/m1/s1. The third-order valence-corrected chi connectivity index (χ3v) is 4.91. The van der Waals surface area contributed by atoms with Gasteiger partial charge in [0.05, 0.1) is 5.54 Å². The Morgan fingerprint density at radius 3 is 3.00 bits per heavy atom. The van der Waals surface area contributed by atoms with Gasteiger partial charge in [0.25, 0.3) is 0 Å².